The lowest BCUT2D eigenvalue weighted by molar-refractivity contribution is -0.143. The largest absolute Gasteiger partial charge is 0.465 e. The van der Waals surface area contributed by atoms with Crippen LogP contribution in [0.1, 0.15) is 20.8 Å². The Balaban J connectivity index is 2.26. The molecular formula is C19H20N2O3S. The molecule has 6 heteroatoms. The van der Waals surface area contributed by atoms with Crippen LogP contribution in [0.4, 0.5) is 0 Å². The molecule has 0 saturated heterocycles. The van der Waals surface area contributed by atoms with Gasteiger partial charge in [0.2, 0.25) is 0 Å². The van der Waals surface area contributed by atoms with Gasteiger partial charge in [-0.25, -0.2) is 0 Å². The molecule has 0 radical (unpaired) electrons. The highest BCUT2D eigenvalue weighted by Crippen LogP contribution is 2.27. The minimum atomic E-state index is -0.339. The summed E-state index contributed by atoms with van der Waals surface area (Å²) in [5.74, 6) is -0.736. The van der Waals surface area contributed by atoms with Crippen molar-refractivity contribution in [3.05, 3.63) is 41.2 Å². The molecule has 1 heterocycles. The van der Waals surface area contributed by atoms with Crippen molar-refractivity contribution >= 4 is 44.2 Å². The van der Waals surface area contributed by atoms with Gasteiger partial charge in [0.15, 0.2) is 4.80 Å². The van der Waals surface area contributed by atoms with Crippen molar-refractivity contribution in [2.45, 2.75) is 27.3 Å². The van der Waals surface area contributed by atoms with E-state index >= 15 is 0 Å². The van der Waals surface area contributed by atoms with Crippen LogP contribution < -0.4 is 4.80 Å². The molecule has 0 fully saturated rings. The topological polar surface area (TPSA) is 60.7 Å². The van der Waals surface area contributed by atoms with Gasteiger partial charge >= 0.3 is 5.97 Å². The minimum Gasteiger partial charge on any atom is -0.465 e. The summed E-state index contributed by atoms with van der Waals surface area (Å²) in [6.45, 7) is 5.75. The fourth-order valence-electron chi connectivity index (χ4n) is 2.60. The van der Waals surface area contributed by atoms with E-state index in [0.717, 1.165) is 21.0 Å². The predicted octanol–water partition coefficient (Wildman–Crippen LogP) is 3.50. The number of carbonyl (C=O) groups excluding carboxylic acids is 2. The van der Waals surface area contributed by atoms with E-state index < -0.39 is 0 Å². The number of ether oxygens (including phenoxy) is 1. The van der Waals surface area contributed by atoms with E-state index in [2.05, 4.69) is 4.99 Å². The zero-order valence-electron chi connectivity index (χ0n) is 14.5. The van der Waals surface area contributed by atoms with Gasteiger partial charge in [-0.05, 0) is 18.4 Å². The second-order valence-electron chi connectivity index (χ2n) is 6.02. The van der Waals surface area contributed by atoms with E-state index in [1.54, 1.807) is 11.5 Å². The Kier molecular flexibility index (Phi) is 4.99. The minimum absolute atomic E-state index is 0.0381. The molecule has 0 saturated carbocycles. The van der Waals surface area contributed by atoms with Crippen LogP contribution >= 0.6 is 11.3 Å². The molecule has 0 aliphatic rings. The molecule has 2 aromatic carbocycles. The van der Waals surface area contributed by atoms with Gasteiger partial charge < -0.3 is 9.30 Å². The van der Waals surface area contributed by atoms with Gasteiger partial charge in [-0.15, -0.1) is 0 Å². The third kappa shape index (κ3) is 3.49. The van der Waals surface area contributed by atoms with Crippen molar-refractivity contribution in [2.24, 2.45) is 10.9 Å². The molecule has 0 N–H and O–H groups in total. The lowest BCUT2D eigenvalue weighted by Gasteiger charge is -2.06. The van der Waals surface area contributed by atoms with E-state index in [-0.39, 0.29) is 24.3 Å². The molecule has 0 atom stereocenters. The Morgan fingerprint density at radius 1 is 1.20 bits per heavy atom. The molecule has 0 unspecified atom stereocenters. The molecule has 3 rings (SSSR count). The number of aromatic nitrogens is 1. The van der Waals surface area contributed by atoms with Crippen LogP contribution in [0.5, 0.6) is 0 Å². The van der Waals surface area contributed by atoms with Gasteiger partial charge in [-0.1, -0.05) is 55.5 Å². The molecule has 5 nitrogen and oxygen atoms in total. The van der Waals surface area contributed by atoms with Gasteiger partial charge in [-0.2, -0.15) is 4.99 Å². The van der Waals surface area contributed by atoms with Crippen LogP contribution in [0.3, 0.4) is 0 Å². The maximum Gasteiger partial charge on any atom is 0.326 e. The van der Waals surface area contributed by atoms with E-state index in [1.165, 1.54) is 11.3 Å². The molecule has 0 spiro atoms. The smallest absolute Gasteiger partial charge is 0.326 e. The molecule has 3 aromatic rings. The number of carbonyl (C=O) groups is 2. The van der Waals surface area contributed by atoms with Crippen molar-refractivity contribution < 1.29 is 14.3 Å². The van der Waals surface area contributed by atoms with Gasteiger partial charge in [0.05, 0.1) is 16.8 Å². The summed E-state index contributed by atoms with van der Waals surface area (Å²) in [6, 6.07) is 12.0. The monoisotopic (exact) mass is 356 g/mol. The highest BCUT2D eigenvalue weighted by atomic mass is 32.1. The first kappa shape index (κ1) is 17.4. The maximum absolute atomic E-state index is 12.1. The quantitative estimate of drug-likeness (QED) is 0.672. The summed E-state index contributed by atoms with van der Waals surface area (Å²) in [4.78, 5) is 28.9. The Labute approximate surface area is 149 Å². The molecule has 1 aromatic heterocycles. The van der Waals surface area contributed by atoms with Crippen molar-refractivity contribution in [2.75, 3.05) is 6.61 Å². The molecule has 25 heavy (non-hydrogen) atoms. The highest BCUT2D eigenvalue weighted by Gasteiger charge is 2.14. The number of rotatable bonds is 4. The van der Waals surface area contributed by atoms with E-state index in [0.29, 0.717) is 11.4 Å². The van der Waals surface area contributed by atoms with Crippen LogP contribution in [0.15, 0.2) is 41.4 Å². The maximum atomic E-state index is 12.1. The van der Waals surface area contributed by atoms with Crippen molar-refractivity contribution in [3.8, 4) is 0 Å². The summed E-state index contributed by atoms with van der Waals surface area (Å²) >= 11 is 1.43. The van der Waals surface area contributed by atoms with Gasteiger partial charge in [0.25, 0.3) is 5.91 Å². The number of thiazole rings is 1. The lowest BCUT2D eigenvalue weighted by atomic mass is 10.1. The number of esters is 1. The highest BCUT2D eigenvalue weighted by molar-refractivity contribution is 7.17. The Bertz CT molecular complexity index is 1010. The lowest BCUT2D eigenvalue weighted by Crippen LogP contribution is -2.23. The molecule has 1 amide bonds. The predicted molar refractivity (Wildman–Crippen MR) is 99.4 cm³/mol. The second kappa shape index (κ2) is 7.19. The number of amides is 1. The molecule has 0 bridgehead atoms. The first-order chi connectivity index (χ1) is 12.0. The third-order valence-corrected chi connectivity index (χ3v) is 4.99. The summed E-state index contributed by atoms with van der Waals surface area (Å²) < 4.78 is 7.86. The van der Waals surface area contributed by atoms with Crippen molar-refractivity contribution in [1.82, 2.24) is 4.57 Å². The SMILES string of the molecule is CCOC(=O)Cn1c(=NC(=O)C(C)C)sc2c3ccccc3ccc21. The Hall–Kier alpha value is -2.47. The summed E-state index contributed by atoms with van der Waals surface area (Å²) in [5, 5.41) is 2.20. The number of hydrogen-bond acceptors (Lipinski definition) is 4. The summed E-state index contributed by atoms with van der Waals surface area (Å²) in [6.07, 6.45) is 0. The van der Waals surface area contributed by atoms with E-state index in [9.17, 15) is 9.59 Å². The van der Waals surface area contributed by atoms with Crippen molar-refractivity contribution in [3.63, 3.8) is 0 Å². The van der Waals surface area contributed by atoms with Crippen LogP contribution in [-0.4, -0.2) is 23.1 Å². The number of nitrogens with zero attached hydrogens (tertiary/aromatic N) is 2. The first-order valence-electron chi connectivity index (χ1n) is 8.26. The van der Waals surface area contributed by atoms with Crippen LogP contribution in [0, 0.1) is 5.92 Å². The van der Waals surface area contributed by atoms with Gasteiger partial charge in [0, 0.05) is 11.3 Å². The zero-order chi connectivity index (χ0) is 18.0. The summed E-state index contributed by atoms with van der Waals surface area (Å²) in [5.41, 5.74) is 0.882. The average molecular weight is 356 g/mol. The van der Waals surface area contributed by atoms with Gasteiger partial charge in [-0.3, -0.25) is 9.59 Å². The summed E-state index contributed by atoms with van der Waals surface area (Å²) in [7, 11) is 0. The van der Waals surface area contributed by atoms with Crippen LogP contribution in [0.2, 0.25) is 0 Å². The first-order valence-corrected chi connectivity index (χ1v) is 9.08. The molecule has 0 aliphatic carbocycles. The van der Waals surface area contributed by atoms with E-state index in [4.69, 9.17) is 4.74 Å². The second-order valence-corrected chi connectivity index (χ2v) is 6.99. The molecule has 0 aliphatic heterocycles. The fraction of sp³-hybridized carbons (Fsp3) is 0.316. The molecule has 130 valence electrons. The Morgan fingerprint density at radius 3 is 2.68 bits per heavy atom. The van der Waals surface area contributed by atoms with Crippen LogP contribution in [-0.2, 0) is 20.9 Å². The average Bonchev–Trinajstić information content (AvgIpc) is 2.93. The van der Waals surface area contributed by atoms with Gasteiger partial charge in [0.1, 0.15) is 6.54 Å². The van der Waals surface area contributed by atoms with Crippen LogP contribution in [0.25, 0.3) is 21.0 Å². The standard InChI is InChI=1S/C19H20N2O3S/c1-4-24-16(22)11-21-15-10-9-13-7-5-6-8-14(13)17(15)25-19(21)20-18(23)12(2)3/h5-10,12H,4,11H2,1-3H3. The zero-order valence-corrected chi connectivity index (χ0v) is 15.3. The van der Waals surface area contributed by atoms with Crippen molar-refractivity contribution in [1.29, 1.82) is 0 Å². The number of fused-ring (bicyclic) bond motifs is 3. The fourth-order valence-corrected chi connectivity index (χ4v) is 3.77. The number of hydrogen-bond donors (Lipinski definition) is 0. The third-order valence-electron chi connectivity index (χ3n) is 3.87. The number of benzene rings is 2. The molecular weight excluding hydrogens is 336 g/mol. The normalized spacial score (nSPS) is 12.2. The Morgan fingerprint density at radius 2 is 1.96 bits per heavy atom. The van der Waals surface area contributed by atoms with E-state index in [1.807, 2.05) is 50.2 Å².